The number of benzene rings is 1. The molecule has 7 nitrogen and oxygen atoms in total. The van der Waals surface area contributed by atoms with Crippen molar-refractivity contribution in [3.63, 3.8) is 0 Å². The minimum Gasteiger partial charge on any atom is -0.493 e. The van der Waals surface area contributed by atoms with Crippen molar-refractivity contribution < 1.29 is 9.47 Å². The molecule has 0 aliphatic carbocycles. The quantitative estimate of drug-likeness (QED) is 0.760. The van der Waals surface area contributed by atoms with E-state index < -0.39 is 0 Å². The topological polar surface area (TPSA) is 72.4 Å². The zero-order valence-corrected chi connectivity index (χ0v) is 15.4. The number of likely N-dealkylation sites (N-methyl/N-ethyl adjacent to an activating group) is 1. The predicted molar refractivity (Wildman–Crippen MR) is 101 cm³/mol. The SMILES string of the molecule is CCN1CCC[C@H]1Cn1cnc2c([nH]c3cc(OC)c(OC)cc32)c1=O. The molecule has 0 amide bonds. The summed E-state index contributed by atoms with van der Waals surface area (Å²) in [4.78, 5) is 23.2. The zero-order chi connectivity index (χ0) is 18.3. The van der Waals surface area contributed by atoms with Gasteiger partial charge in [-0.1, -0.05) is 6.92 Å². The van der Waals surface area contributed by atoms with Crippen molar-refractivity contribution in [2.24, 2.45) is 0 Å². The van der Waals surface area contributed by atoms with Gasteiger partial charge in [-0.15, -0.1) is 0 Å². The molecule has 1 saturated heterocycles. The van der Waals surface area contributed by atoms with Gasteiger partial charge in [-0.3, -0.25) is 14.3 Å². The molecule has 1 aliphatic heterocycles. The van der Waals surface area contributed by atoms with Gasteiger partial charge in [0.15, 0.2) is 11.5 Å². The van der Waals surface area contributed by atoms with Crippen LogP contribution in [0.5, 0.6) is 11.5 Å². The van der Waals surface area contributed by atoms with E-state index in [2.05, 4.69) is 21.8 Å². The van der Waals surface area contributed by atoms with Crippen LogP contribution < -0.4 is 15.0 Å². The normalized spacial score (nSPS) is 18.0. The molecule has 2 aromatic heterocycles. The number of H-pyrrole nitrogens is 1. The number of methoxy groups -OCH3 is 2. The molecule has 3 heterocycles. The van der Waals surface area contributed by atoms with Gasteiger partial charge in [0.25, 0.3) is 5.56 Å². The molecule has 0 saturated carbocycles. The highest BCUT2D eigenvalue weighted by Crippen LogP contribution is 2.34. The van der Waals surface area contributed by atoms with E-state index in [0.29, 0.717) is 35.1 Å². The van der Waals surface area contributed by atoms with Gasteiger partial charge >= 0.3 is 0 Å². The van der Waals surface area contributed by atoms with Crippen LogP contribution in [0.3, 0.4) is 0 Å². The number of hydrogen-bond donors (Lipinski definition) is 1. The first-order valence-corrected chi connectivity index (χ1v) is 9.03. The molecule has 4 rings (SSSR count). The third kappa shape index (κ3) is 2.63. The van der Waals surface area contributed by atoms with Crippen LogP contribution in [0.15, 0.2) is 23.3 Å². The third-order valence-corrected chi connectivity index (χ3v) is 5.39. The van der Waals surface area contributed by atoms with Gasteiger partial charge < -0.3 is 14.5 Å². The molecule has 0 spiro atoms. The van der Waals surface area contributed by atoms with Crippen molar-refractivity contribution in [1.29, 1.82) is 0 Å². The lowest BCUT2D eigenvalue weighted by atomic mass is 10.2. The van der Waals surface area contributed by atoms with Crippen molar-refractivity contribution in [3.8, 4) is 11.5 Å². The lowest BCUT2D eigenvalue weighted by Gasteiger charge is -2.23. The highest BCUT2D eigenvalue weighted by atomic mass is 16.5. The summed E-state index contributed by atoms with van der Waals surface area (Å²) in [5.41, 5.74) is 1.97. The Morgan fingerprint density at radius 1 is 1.27 bits per heavy atom. The van der Waals surface area contributed by atoms with Crippen molar-refractivity contribution >= 4 is 21.9 Å². The number of rotatable bonds is 5. The Hall–Kier alpha value is -2.54. The summed E-state index contributed by atoms with van der Waals surface area (Å²) in [5.74, 6) is 1.24. The fourth-order valence-corrected chi connectivity index (χ4v) is 3.99. The van der Waals surface area contributed by atoms with Crippen LogP contribution >= 0.6 is 0 Å². The van der Waals surface area contributed by atoms with Gasteiger partial charge in [-0.05, 0) is 32.0 Å². The van der Waals surface area contributed by atoms with Crippen molar-refractivity contribution in [3.05, 3.63) is 28.8 Å². The number of nitrogens with one attached hydrogen (secondary N) is 1. The van der Waals surface area contributed by atoms with E-state index in [1.54, 1.807) is 25.1 Å². The van der Waals surface area contributed by atoms with E-state index in [-0.39, 0.29) is 5.56 Å². The first kappa shape index (κ1) is 16.9. The Morgan fingerprint density at radius 3 is 2.77 bits per heavy atom. The van der Waals surface area contributed by atoms with Crippen LogP contribution in [-0.2, 0) is 6.54 Å². The lowest BCUT2D eigenvalue weighted by Crippen LogP contribution is -2.36. The van der Waals surface area contributed by atoms with E-state index >= 15 is 0 Å². The summed E-state index contributed by atoms with van der Waals surface area (Å²) in [7, 11) is 3.19. The number of hydrogen-bond acceptors (Lipinski definition) is 5. The molecule has 0 bridgehead atoms. The highest BCUT2D eigenvalue weighted by molar-refractivity contribution is 6.05. The molecule has 1 aliphatic rings. The van der Waals surface area contributed by atoms with Gasteiger partial charge in [0.1, 0.15) is 11.0 Å². The minimum atomic E-state index is -0.0351. The fourth-order valence-electron chi connectivity index (χ4n) is 3.99. The molecule has 1 aromatic carbocycles. The van der Waals surface area contributed by atoms with Gasteiger partial charge in [-0.2, -0.15) is 0 Å². The number of ether oxygens (including phenoxy) is 2. The summed E-state index contributed by atoms with van der Waals surface area (Å²) in [6.45, 7) is 4.97. The second kappa shape index (κ2) is 6.64. The van der Waals surface area contributed by atoms with E-state index in [1.165, 1.54) is 6.42 Å². The summed E-state index contributed by atoms with van der Waals surface area (Å²) >= 11 is 0. The third-order valence-electron chi connectivity index (χ3n) is 5.39. The summed E-state index contributed by atoms with van der Waals surface area (Å²) in [6, 6.07) is 4.11. The molecule has 26 heavy (non-hydrogen) atoms. The van der Waals surface area contributed by atoms with Gasteiger partial charge in [0, 0.05) is 24.0 Å². The molecule has 7 heteroatoms. The van der Waals surface area contributed by atoms with E-state index in [1.807, 2.05) is 12.1 Å². The maximum atomic E-state index is 13.0. The Labute approximate surface area is 151 Å². The van der Waals surface area contributed by atoms with Gasteiger partial charge in [0.05, 0.1) is 26.1 Å². The first-order valence-electron chi connectivity index (χ1n) is 9.03. The van der Waals surface area contributed by atoms with Gasteiger partial charge in [0.2, 0.25) is 0 Å². The monoisotopic (exact) mass is 356 g/mol. The van der Waals surface area contributed by atoms with Crippen molar-refractivity contribution in [2.45, 2.75) is 32.4 Å². The molecule has 0 unspecified atom stereocenters. The Bertz CT molecular complexity index is 1010. The number of likely N-dealkylation sites (tertiary alicyclic amines) is 1. The Kier molecular flexibility index (Phi) is 4.32. The smallest absolute Gasteiger partial charge is 0.277 e. The van der Waals surface area contributed by atoms with Crippen LogP contribution in [0, 0.1) is 0 Å². The second-order valence-corrected chi connectivity index (χ2v) is 6.73. The molecule has 1 atom stereocenters. The summed E-state index contributed by atoms with van der Waals surface area (Å²) in [5, 5.41) is 0.859. The second-order valence-electron chi connectivity index (χ2n) is 6.73. The van der Waals surface area contributed by atoms with E-state index in [0.717, 1.165) is 30.4 Å². The van der Waals surface area contributed by atoms with E-state index in [4.69, 9.17) is 9.47 Å². The maximum Gasteiger partial charge on any atom is 0.277 e. The standard InChI is InChI=1S/C19H24N4O3/c1-4-22-7-5-6-12(22)10-23-11-20-17-13-8-15(25-2)16(26-3)9-14(13)21-18(17)19(23)24/h8-9,11-12,21H,4-7,10H2,1-3H3/t12-/m0/s1. The van der Waals surface area contributed by atoms with Crippen LogP contribution in [0.25, 0.3) is 21.9 Å². The van der Waals surface area contributed by atoms with Crippen LogP contribution in [0.2, 0.25) is 0 Å². The Morgan fingerprint density at radius 2 is 2.04 bits per heavy atom. The number of aromatic amines is 1. The molecule has 3 aromatic rings. The van der Waals surface area contributed by atoms with Crippen molar-refractivity contribution in [2.75, 3.05) is 27.3 Å². The molecular weight excluding hydrogens is 332 g/mol. The van der Waals surface area contributed by atoms with Gasteiger partial charge in [-0.25, -0.2) is 4.98 Å². The van der Waals surface area contributed by atoms with E-state index in [9.17, 15) is 4.79 Å². The molecular formula is C19H24N4O3. The predicted octanol–water partition coefficient (Wildman–Crippen LogP) is 2.38. The summed E-state index contributed by atoms with van der Waals surface area (Å²) < 4.78 is 12.5. The van der Waals surface area contributed by atoms with Crippen LogP contribution in [0.4, 0.5) is 0 Å². The molecule has 1 fully saturated rings. The number of fused-ring (bicyclic) bond motifs is 3. The fraction of sp³-hybridized carbons (Fsp3) is 0.474. The Balaban J connectivity index is 1.80. The minimum absolute atomic E-state index is 0.0351. The first-order chi connectivity index (χ1) is 12.7. The zero-order valence-electron chi connectivity index (χ0n) is 15.4. The van der Waals surface area contributed by atoms with Crippen molar-refractivity contribution in [1.82, 2.24) is 19.4 Å². The average molecular weight is 356 g/mol. The summed E-state index contributed by atoms with van der Waals surface area (Å²) in [6.07, 6.45) is 3.98. The highest BCUT2D eigenvalue weighted by Gasteiger charge is 2.24. The number of nitrogens with zero attached hydrogens (tertiary/aromatic N) is 3. The molecule has 0 radical (unpaired) electrons. The molecule has 138 valence electrons. The lowest BCUT2D eigenvalue weighted by molar-refractivity contribution is 0.242. The molecule has 1 N–H and O–H groups in total. The van der Waals surface area contributed by atoms with Crippen LogP contribution in [-0.4, -0.2) is 52.8 Å². The maximum absolute atomic E-state index is 13.0. The van der Waals surface area contributed by atoms with Crippen LogP contribution in [0.1, 0.15) is 19.8 Å². The largest absolute Gasteiger partial charge is 0.493 e. The average Bonchev–Trinajstić information content (AvgIpc) is 3.26. The number of aromatic nitrogens is 3.